The van der Waals surface area contributed by atoms with Crippen molar-refractivity contribution in [2.24, 2.45) is 0 Å². The Hall–Kier alpha value is -0.950. The summed E-state index contributed by atoms with van der Waals surface area (Å²) in [6.45, 7) is 1.89. The third-order valence-corrected chi connectivity index (χ3v) is 3.67. The molecule has 3 nitrogen and oxygen atoms in total. The molecule has 0 spiro atoms. The van der Waals surface area contributed by atoms with E-state index in [1.165, 1.54) is 0 Å². The Bertz CT molecular complexity index is 601. The summed E-state index contributed by atoms with van der Waals surface area (Å²) in [7, 11) is 0. The van der Waals surface area contributed by atoms with E-state index in [2.05, 4.69) is 48.8 Å². The summed E-state index contributed by atoms with van der Waals surface area (Å²) in [5.41, 5.74) is 1.47. The van der Waals surface area contributed by atoms with Gasteiger partial charge in [-0.25, -0.2) is 4.98 Å². The van der Waals surface area contributed by atoms with Crippen LogP contribution < -0.4 is 5.32 Å². The van der Waals surface area contributed by atoms with Gasteiger partial charge in [-0.05, 0) is 75.8 Å². The highest BCUT2D eigenvalue weighted by Gasteiger charge is 2.11. The van der Waals surface area contributed by atoms with E-state index < -0.39 is 0 Å². The fraction of sp³-hybridized carbons (Fsp3) is 0.0769. The zero-order chi connectivity index (χ0) is 13.1. The topological polar surface area (TPSA) is 42.0 Å². The Kier molecular flexibility index (Phi) is 4.34. The number of rotatable bonds is 2. The van der Waals surface area contributed by atoms with Crippen molar-refractivity contribution in [3.8, 4) is 0 Å². The molecule has 1 amide bonds. The van der Waals surface area contributed by atoms with Crippen LogP contribution in [-0.4, -0.2) is 10.9 Å². The molecular formula is C13H10BrIN2O. The molecule has 0 aliphatic heterocycles. The van der Waals surface area contributed by atoms with Crippen LogP contribution in [0.4, 0.5) is 5.82 Å². The summed E-state index contributed by atoms with van der Waals surface area (Å²) in [4.78, 5) is 16.4. The number of amides is 1. The maximum Gasteiger partial charge on any atom is 0.257 e. The first-order chi connectivity index (χ1) is 8.56. The van der Waals surface area contributed by atoms with Crippen molar-refractivity contribution in [3.05, 3.63) is 55.7 Å². The van der Waals surface area contributed by atoms with E-state index in [4.69, 9.17) is 0 Å². The van der Waals surface area contributed by atoms with Gasteiger partial charge in [0, 0.05) is 13.7 Å². The molecule has 0 fully saturated rings. The highest BCUT2D eigenvalue weighted by Crippen LogP contribution is 2.20. The van der Waals surface area contributed by atoms with Crippen molar-refractivity contribution >= 4 is 50.2 Å². The normalized spacial score (nSPS) is 10.2. The molecule has 5 heteroatoms. The fourth-order valence-corrected chi connectivity index (χ4v) is 2.39. The lowest BCUT2D eigenvalue weighted by atomic mass is 10.2. The highest BCUT2D eigenvalue weighted by molar-refractivity contribution is 14.1. The number of halogens is 2. The molecule has 0 aliphatic carbocycles. The maximum atomic E-state index is 12.1. The van der Waals surface area contributed by atoms with E-state index in [1.54, 1.807) is 6.07 Å². The van der Waals surface area contributed by atoms with E-state index >= 15 is 0 Å². The van der Waals surface area contributed by atoms with Gasteiger partial charge in [0.2, 0.25) is 0 Å². The van der Waals surface area contributed by atoms with Gasteiger partial charge >= 0.3 is 0 Å². The van der Waals surface area contributed by atoms with Crippen molar-refractivity contribution in [1.82, 2.24) is 4.98 Å². The number of benzene rings is 1. The van der Waals surface area contributed by atoms with Crippen molar-refractivity contribution in [2.75, 3.05) is 5.32 Å². The van der Waals surface area contributed by atoms with Crippen molar-refractivity contribution in [2.45, 2.75) is 6.92 Å². The largest absolute Gasteiger partial charge is 0.307 e. The lowest BCUT2D eigenvalue weighted by Gasteiger charge is -2.07. The van der Waals surface area contributed by atoms with Crippen molar-refractivity contribution < 1.29 is 4.79 Å². The standard InChI is InChI=1S/C13H10BrIN2O/c1-8-3-2-4-12(16-8)17-13(18)10-7-9(15)5-6-11(10)14/h2-7H,1H3,(H,16,17,18). The molecular weight excluding hydrogens is 407 g/mol. The number of anilines is 1. The Morgan fingerprint density at radius 1 is 1.33 bits per heavy atom. The van der Waals surface area contributed by atoms with E-state index in [1.807, 2.05) is 37.3 Å². The van der Waals surface area contributed by atoms with Crippen LogP contribution in [0.2, 0.25) is 0 Å². The third-order valence-electron chi connectivity index (χ3n) is 2.30. The van der Waals surface area contributed by atoms with Gasteiger partial charge in [0.25, 0.3) is 5.91 Å². The number of hydrogen-bond acceptors (Lipinski definition) is 2. The number of pyridine rings is 1. The number of hydrogen-bond donors (Lipinski definition) is 1. The third kappa shape index (κ3) is 3.29. The van der Waals surface area contributed by atoms with Gasteiger partial charge in [-0.3, -0.25) is 4.79 Å². The Labute approximate surface area is 127 Å². The Morgan fingerprint density at radius 3 is 2.83 bits per heavy atom. The molecule has 1 aromatic heterocycles. The molecule has 0 saturated carbocycles. The predicted octanol–water partition coefficient (Wildman–Crippen LogP) is 4.01. The summed E-state index contributed by atoms with van der Waals surface area (Å²) >= 11 is 5.55. The molecule has 0 unspecified atom stereocenters. The summed E-state index contributed by atoms with van der Waals surface area (Å²) < 4.78 is 1.78. The minimum Gasteiger partial charge on any atom is -0.307 e. The molecule has 0 saturated heterocycles. The lowest BCUT2D eigenvalue weighted by molar-refractivity contribution is 0.102. The van der Waals surface area contributed by atoms with Crippen LogP contribution in [0.25, 0.3) is 0 Å². The second-order valence-electron chi connectivity index (χ2n) is 3.74. The van der Waals surface area contributed by atoms with Gasteiger partial charge in [0.05, 0.1) is 5.56 Å². The zero-order valence-electron chi connectivity index (χ0n) is 9.58. The zero-order valence-corrected chi connectivity index (χ0v) is 13.3. The summed E-state index contributed by atoms with van der Waals surface area (Å²) in [6, 6.07) is 11.1. The first kappa shape index (κ1) is 13.5. The van der Waals surface area contributed by atoms with Crippen LogP contribution in [-0.2, 0) is 0 Å². The number of carbonyl (C=O) groups excluding carboxylic acids is 1. The highest BCUT2D eigenvalue weighted by atomic mass is 127. The van der Waals surface area contributed by atoms with E-state index in [9.17, 15) is 4.79 Å². The average molecular weight is 417 g/mol. The average Bonchev–Trinajstić information content (AvgIpc) is 2.32. The molecule has 1 N–H and O–H groups in total. The molecule has 2 rings (SSSR count). The minimum atomic E-state index is -0.168. The molecule has 1 heterocycles. The molecule has 0 aliphatic rings. The molecule has 0 bridgehead atoms. The minimum absolute atomic E-state index is 0.168. The molecule has 2 aromatic rings. The molecule has 0 atom stereocenters. The first-order valence-electron chi connectivity index (χ1n) is 5.26. The second kappa shape index (κ2) is 5.79. The van der Waals surface area contributed by atoms with E-state index in [0.717, 1.165) is 13.7 Å². The van der Waals surface area contributed by atoms with Gasteiger partial charge in [-0.15, -0.1) is 0 Å². The first-order valence-corrected chi connectivity index (χ1v) is 7.13. The molecule has 1 aromatic carbocycles. The second-order valence-corrected chi connectivity index (χ2v) is 5.84. The molecule has 92 valence electrons. The quantitative estimate of drug-likeness (QED) is 0.751. The Morgan fingerprint density at radius 2 is 2.11 bits per heavy atom. The van der Waals surface area contributed by atoms with Crippen LogP contribution in [0.3, 0.4) is 0 Å². The lowest BCUT2D eigenvalue weighted by Crippen LogP contribution is -2.14. The fourth-order valence-electron chi connectivity index (χ4n) is 1.47. The molecule has 18 heavy (non-hydrogen) atoms. The summed E-state index contributed by atoms with van der Waals surface area (Å²) in [6.07, 6.45) is 0. The van der Waals surface area contributed by atoms with Crippen LogP contribution >= 0.6 is 38.5 Å². The van der Waals surface area contributed by atoms with Crippen LogP contribution in [0.1, 0.15) is 16.1 Å². The van der Waals surface area contributed by atoms with Gasteiger partial charge in [-0.1, -0.05) is 6.07 Å². The van der Waals surface area contributed by atoms with Crippen LogP contribution in [0.15, 0.2) is 40.9 Å². The SMILES string of the molecule is Cc1cccc(NC(=O)c2cc(I)ccc2Br)n1. The van der Waals surface area contributed by atoms with E-state index in [-0.39, 0.29) is 5.91 Å². The smallest absolute Gasteiger partial charge is 0.257 e. The van der Waals surface area contributed by atoms with Crippen LogP contribution in [0, 0.1) is 10.5 Å². The van der Waals surface area contributed by atoms with Gasteiger partial charge in [0.15, 0.2) is 0 Å². The number of nitrogens with one attached hydrogen (secondary N) is 1. The summed E-state index contributed by atoms with van der Waals surface area (Å²) in [5, 5.41) is 2.78. The predicted molar refractivity (Wildman–Crippen MR) is 83.8 cm³/mol. The summed E-state index contributed by atoms with van der Waals surface area (Å²) in [5.74, 6) is 0.393. The Balaban J connectivity index is 2.24. The molecule has 0 radical (unpaired) electrons. The number of aryl methyl sites for hydroxylation is 1. The monoisotopic (exact) mass is 416 g/mol. The maximum absolute atomic E-state index is 12.1. The van der Waals surface area contributed by atoms with Gasteiger partial charge in [-0.2, -0.15) is 0 Å². The van der Waals surface area contributed by atoms with Gasteiger partial charge < -0.3 is 5.32 Å². The van der Waals surface area contributed by atoms with Crippen molar-refractivity contribution in [1.29, 1.82) is 0 Å². The van der Waals surface area contributed by atoms with Gasteiger partial charge in [0.1, 0.15) is 5.82 Å². The number of carbonyl (C=O) groups is 1. The van der Waals surface area contributed by atoms with Crippen LogP contribution in [0.5, 0.6) is 0 Å². The number of aromatic nitrogens is 1. The number of nitrogens with zero attached hydrogens (tertiary/aromatic N) is 1. The van der Waals surface area contributed by atoms with E-state index in [0.29, 0.717) is 11.4 Å². The van der Waals surface area contributed by atoms with Crippen molar-refractivity contribution in [3.63, 3.8) is 0 Å².